The quantitative estimate of drug-likeness (QED) is 0.378. The molecule has 1 aliphatic rings. The van der Waals surface area contributed by atoms with Crippen LogP contribution in [-0.4, -0.2) is 35.9 Å². The van der Waals surface area contributed by atoms with Gasteiger partial charge in [0.25, 0.3) is 0 Å². The Labute approximate surface area is 75.6 Å². The molecule has 1 fully saturated rings. The predicted molar refractivity (Wildman–Crippen MR) is 42.2 cm³/mol. The summed E-state index contributed by atoms with van der Waals surface area (Å²) >= 11 is 0. The van der Waals surface area contributed by atoms with Gasteiger partial charge in [0, 0.05) is 0 Å². The molecule has 2 atom stereocenters. The van der Waals surface area contributed by atoms with E-state index in [-0.39, 0.29) is 0 Å². The van der Waals surface area contributed by atoms with Gasteiger partial charge in [-0.05, 0) is 6.42 Å². The minimum Gasteiger partial charge on any atom is -0.479 e. The van der Waals surface area contributed by atoms with E-state index < -0.39 is 24.1 Å². The van der Waals surface area contributed by atoms with Crippen LogP contribution in [0.4, 0.5) is 0 Å². The monoisotopic (exact) mass is 188 g/mol. The van der Waals surface area contributed by atoms with Crippen molar-refractivity contribution < 1.29 is 24.2 Å². The van der Waals surface area contributed by atoms with Crippen molar-refractivity contribution in [3.8, 4) is 0 Å². The van der Waals surface area contributed by atoms with Crippen molar-refractivity contribution >= 4 is 11.9 Å². The molecule has 13 heavy (non-hydrogen) atoms. The fourth-order valence-electron chi connectivity index (χ4n) is 0.879. The summed E-state index contributed by atoms with van der Waals surface area (Å²) in [5, 5.41) is 8.41. The SMILES string of the molecule is CCCCOC(=O)[C@@H]1O[C@@H]1C(=O)O. The molecule has 0 aliphatic carbocycles. The number of aliphatic carboxylic acids is 1. The van der Waals surface area contributed by atoms with E-state index in [1.807, 2.05) is 6.92 Å². The van der Waals surface area contributed by atoms with Crippen molar-refractivity contribution in [3.05, 3.63) is 0 Å². The summed E-state index contributed by atoms with van der Waals surface area (Å²) in [5.74, 6) is -1.68. The summed E-state index contributed by atoms with van der Waals surface area (Å²) in [4.78, 5) is 21.3. The summed E-state index contributed by atoms with van der Waals surface area (Å²) in [6, 6.07) is 0. The smallest absolute Gasteiger partial charge is 0.338 e. The maximum atomic E-state index is 11.0. The van der Waals surface area contributed by atoms with Crippen LogP contribution in [0, 0.1) is 0 Å². The van der Waals surface area contributed by atoms with E-state index in [0.717, 1.165) is 12.8 Å². The van der Waals surface area contributed by atoms with Crippen molar-refractivity contribution in [2.45, 2.75) is 32.0 Å². The van der Waals surface area contributed by atoms with E-state index in [4.69, 9.17) is 9.84 Å². The molecule has 0 spiro atoms. The first kappa shape index (κ1) is 9.98. The number of carboxylic acid groups (broad SMARTS) is 1. The molecule has 1 saturated heterocycles. The zero-order valence-corrected chi connectivity index (χ0v) is 7.36. The van der Waals surface area contributed by atoms with Crippen LogP contribution in [-0.2, 0) is 19.1 Å². The van der Waals surface area contributed by atoms with Crippen LogP contribution < -0.4 is 0 Å². The third-order valence-electron chi connectivity index (χ3n) is 1.71. The van der Waals surface area contributed by atoms with Crippen molar-refractivity contribution in [1.29, 1.82) is 0 Å². The molecule has 0 aromatic heterocycles. The molecule has 1 N–H and O–H groups in total. The third-order valence-corrected chi connectivity index (χ3v) is 1.71. The molecule has 0 bridgehead atoms. The standard InChI is InChI=1S/C8H12O5/c1-2-3-4-12-8(11)6-5(13-6)7(9)10/h5-6H,2-4H2,1H3,(H,9,10)/t5-,6+/m0/s1. The minimum atomic E-state index is -1.11. The van der Waals surface area contributed by atoms with Crippen molar-refractivity contribution in [3.63, 3.8) is 0 Å². The van der Waals surface area contributed by atoms with Crippen LogP contribution >= 0.6 is 0 Å². The zero-order chi connectivity index (χ0) is 9.84. The molecule has 0 unspecified atom stereocenters. The summed E-state index contributed by atoms with van der Waals surface area (Å²) in [6.07, 6.45) is -0.152. The number of carboxylic acids is 1. The average Bonchev–Trinajstić information content (AvgIpc) is 2.83. The van der Waals surface area contributed by atoms with Crippen LogP contribution in [0.25, 0.3) is 0 Å². The molecule has 0 saturated carbocycles. The number of epoxide rings is 1. The number of carbonyl (C=O) groups excluding carboxylic acids is 1. The number of hydrogen-bond acceptors (Lipinski definition) is 4. The Kier molecular flexibility index (Phi) is 3.25. The van der Waals surface area contributed by atoms with Crippen molar-refractivity contribution in [2.75, 3.05) is 6.61 Å². The maximum absolute atomic E-state index is 11.0. The number of ether oxygens (including phenoxy) is 2. The number of carbonyl (C=O) groups is 2. The second-order valence-electron chi connectivity index (χ2n) is 2.84. The second-order valence-corrected chi connectivity index (χ2v) is 2.84. The Bertz CT molecular complexity index is 213. The first-order valence-corrected chi connectivity index (χ1v) is 4.21. The number of esters is 1. The predicted octanol–water partition coefficient (Wildman–Crippen LogP) is 0.182. The number of unbranched alkanes of at least 4 members (excludes halogenated alkanes) is 1. The highest BCUT2D eigenvalue weighted by atomic mass is 16.7. The van der Waals surface area contributed by atoms with Gasteiger partial charge in [0.05, 0.1) is 6.61 Å². The van der Waals surface area contributed by atoms with Crippen LogP contribution in [0.5, 0.6) is 0 Å². The normalized spacial score (nSPS) is 25.3. The third kappa shape index (κ3) is 2.69. The van der Waals surface area contributed by atoms with Gasteiger partial charge in [0.15, 0.2) is 12.2 Å². The summed E-state index contributed by atoms with van der Waals surface area (Å²) < 4.78 is 9.36. The molecule has 1 rings (SSSR count). The Balaban J connectivity index is 2.16. The minimum absolute atomic E-state index is 0.335. The summed E-state index contributed by atoms with van der Waals surface area (Å²) in [5.41, 5.74) is 0. The fourth-order valence-corrected chi connectivity index (χ4v) is 0.879. The molecule has 1 heterocycles. The molecule has 0 aromatic rings. The number of hydrogen-bond donors (Lipinski definition) is 1. The highest BCUT2D eigenvalue weighted by molar-refractivity contribution is 5.88. The van der Waals surface area contributed by atoms with Gasteiger partial charge >= 0.3 is 11.9 Å². The van der Waals surface area contributed by atoms with Gasteiger partial charge in [-0.3, -0.25) is 0 Å². The Morgan fingerprint density at radius 3 is 2.62 bits per heavy atom. The maximum Gasteiger partial charge on any atom is 0.338 e. The van der Waals surface area contributed by atoms with Gasteiger partial charge in [-0.2, -0.15) is 0 Å². The van der Waals surface area contributed by atoms with E-state index in [9.17, 15) is 9.59 Å². The van der Waals surface area contributed by atoms with E-state index in [2.05, 4.69) is 4.74 Å². The van der Waals surface area contributed by atoms with Crippen LogP contribution in [0.2, 0.25) is 0 Å². The lowest BCUT2D eigenvalue weighted by Crippen LogP contribution is -2.18. The van der Waals surface area contributed by atoms with Gasteiger partial charge < -0.3 is 14.6 Å². The highest BCUT2D eigenvalue weighted by Crippen LogP contribution is 2.23. The van der Waals surface area contributed by atoms with Crippen LogP contribution in [0.3, 0.4) is 0 Å². The Morgan fingerprint density at radius 2 is 2.15 bits per heavy atom. The van der Waals surface area contributed by atoms with Gasteiger partial charge in [0.2, 0.25) is 0 Å². The van der Waals surface area contributed by atoms with E-state index in [0.29, 0.717) is 6.61 Å². The van der Waals surface area contributed by atoms with Crippen molar-refractivity contribution in [1.82, 2.24) is 0 Å². The van der Waals surface area contributed by atoms with E-state index in [1.54, 1.807) is 0 Å². The fraction of sp³-hybridized carbons (Fsp3) is 0.750. The first-order valence-electron chi connectivity index (χ1n) is 4.21. The van der Waals surface area contributed by atoms with E-state index >= 15 is 0 Å². The average molecular weight is 188 g/mol. The van der Waals surface area contributed by atoms with Crippen molar-refractivity contribution in [2.24, 2.45) is 0 Å². The van der Waals surface area contributed by atoms with Gasteiger partial charge in [0.1, 0.15) is 0 Å². The number of rotatable bonds is 5. The lowest BCUT2D eigenvalue weighted by molar-refractivity contribution is -0.146. The van der Waals surface area contributed by atoms with Crippen LogP contribution in [0.1, 0.15) is 19.8 Å². The molecular weight excluding hydrogens is 176 g/mol. The lowest BCUT2D eigenvalue weighted by Gasteiger charge is -1.99. The highest BCUT2D eigenvalue weighted by Gasteiger charge is 2.51. The Morgan fingerprint density at radius 1 is 1.46 bits per heavy atom. The van der Waals surface area contributed by atoms with E-state index in [1.165, 1.54) is 0 Å². The molecule has 0 aromatic carbocycles. The topological polar surface area (TPSA) is 76.1 Å². The summed E-state index contributed by atoms with van der Waals surface area (Å²) in [6.45, 7) is 2.31. The first-order chi connectivity index (χ1) is 6.16. The lowest BCUT2D eigenvalue weighted by atomic mass is 10.3. The molecule has 74 valence electrons. The largest absolute Gasteiger partial charge is 0.479 e. The summed E-state index contributed by atoms with van der Waals surface area (Å²) in [7, 11) is 0. The molecule has 5 heteroatoms. The molecule has 5 nitrogen and oxygen atoms in total. The molecule has 0 radical (unpaired) electrons. The second kappa shape index (κ2) is 4.23. The zero-order valence-electron chi connectivity index (χ0n) is 7.36. The van der Waals surface area contributed by atoms with Crippen LogP contribution in [0.15, 0.2) is 0 Å². The van der Waals surface area contributed by atoms with Gasteiger partial charge in [-0.25, -0.2) is 9.59 Å². The Hall–Kier alpha value is -1.10. The molecular formula is C8H12O5. The molecule has 0 amide bonds. The van der Waals surface area contributed by atoms with Gasteiger partial charge in [-0.1, -0.05) is 13.3 Å². The molecule has 1 aliphatic heterocycles. The van der Waals surface area contributed by atoms with Gasteiger partial charge in [-0.15, -0.1) is 0 Å².